The van der Waals surface area contributed by atoms with Gasteiger partial charge in [-0.05, 0) is 13.0 Å². The number of hydrogen-bond donors (Lipinski definition) is 1. The summed E-state index contributed by atoms with van der Waals surface area (Å²) in [5.74, 6) is 0. The summed E-state index contributed by atoms with van der Waals surface area (Å²) in [5, 5.41) is 0. The van der Waals surface area contributed by atoms with E-state index in [1.54, 1.807) is 0 Å². The van der Waals surface area contributed by atoms with Crippen LogP contribution in [0.4, 0.5) is 0 Å². The van der Waals surface area contributed by atoms with Crippen LogP contribution >= 0.6 is 0 Å². The van der Waals surface area contributed by atoms with E-state index < -0.39 is 0 Å². The van der Waals surface area contributed by atoms with Gasteiger partial charge in [0.25, 0.3) is 0 Å². The molecule has 0 aromatic carbocycles. The van der Waals surface area contributed by atoms with Crippen molar-refractivity contribution in [3.05, 3.63) is 11.8 Å². The molecule has 50 valence electrons. The molecule has 1 rings (SSSR count). The van der Waals surface area contributed by atoms with Gasteiger partial charge in [-0.1, -0.05) is 0 Å². The van der Waals surface area contributed by atoms with Crippen LogP contribution in [0.25, 0.3) is 0 Å². The minimum absolute atomic E-state index is 0.771. The molecule has 0 atom stereocenters. The summed E-state index contributed by atoms with van der Waals surface area (Å²) in [6, 6.07) is 0. The van der Waals surface area contributed by atoms with Crippen LogP contribution in [0.5, 0.6) is 0 Å². The van der Waals surface area contributed by atoms with Crippen molar-refractivity contribution in [1.29, 1.82) is 0 Å². The molecule has 0 amide bonds. The predicted octanol–water partition coefficient (Wildman–Crippen LogP) is 0.336. The van der Waals surface area contributed by atoms with E-state index in [1.165, 1.54) is 5.57 Å². The van der Waals surface area contributed by atoms with Crippen molar-refractivity contribution in [3.63, 3.8) is 0 Å². The van der Waals surface area contributed by atoms with Crippen molar-refractivity contribution >= 4 is 6.21 Å². The summed E-state index contributed by atoms with van der Waals surface area (Å²) in [4.78, 5) is 0. The lowest BCUT2D eigenvalue weighted by atomic mass is 10.2. The average molecular weight is 125 g/mol. The highest BCUT2D eigenvalue weighted by Crippen LogP contribution is 2.07. The van der Waals surface area contributed by atoms with Crippen LogP contribution in [0.1, 0.15) is 12.8 Å². The molecule has 0 saturated carbocycles. The molecule has 0 bridgehead atoms. The second-order valence-corrected chi connectivity index (χ2v) is 2.38. The molecule has 1 aliphatic heterocycles. The molecule has 1 heterocycles. The first-order valence-corrected chi connectivity index (χ1v) is 3.28. The van der Waals surface area contributed by atoms with Crippen LogP contribution in [0.2, 0.25) is 0 Å². The number of rotatable bonds is 2. The standard InChI is InChI=1S/C7H13N2/c1-9-5-3-7(6-9)2-4-8/h5-6H,2-4,8H2,1H3/q+1. The fourth-order valence-electron chi connectivity index (χ4n) is 1.01. The van der Waals surface area contributed by atoms with Gasteiger partial charge in [0, 0.05) is 5.57 Å². The van der Waals surface area contributed by atoms with Gasteiger partial charge in [-0.3, -0.25) is 0 Å². The zero-order chi connectivity index (χ0) is 6.69. The summed E-state index contributed by atoms with van der Waals surface area (Å²) in [5.41, 5.74) is 6.82. The van der Waals surface area contributed by atoms with Gasteiger partial charge < -0.3 is 5.73 Å². The first-order valence-electron chi connectivity index (χ1n) is 3.28. The largest absolute Gasteiger partial charge is 0.330 e. The zero-order valence-corrected chi connectivity index (χ0v) is 5.80. The summed E-state index contributed by atoms with van der Waals surface area (Å²) in [7, 11) is 2.05. The van der Waals surface area contributed by atoms with Crippen LogP contribution in [0.15, 0.2) is 11.8 Å². The Hall–Kier alpha value is -0.630. The van der Waals surface area contributed by atoms with E-state index in [1.807, 2.05) is 7.05 Å². The van der Waals surface area contributed by atoms with Crippen LogP contribution in [-0.2, 0) is 0 Å². The maximum absolute atomic E-state index is 5.38. The average Bonchev–Trinajstić information content (AvgIpc) is 2.17. The Morgan fingerprint density at radius 1 is 1.78 bits per heavy atom. The van der Waals surface area contributed by atoms with Gasteiger partial charge >= 0.3 is 0 Å². The third kappa shape index (κ3) is 1.64. The Morgan fingerprint density at radius 3 is 3.00 bits per heavy atom. The smallest absolute Gasteiger partial charge is 0.167 e. The molecule has 2 nitrogen and oxygen atoms in total. The first-order chi connectivity index (χ1) is 4.33. The quantitative estimate of drug-likeness (QED) is 0.530. The van der Waals surface area contributed by atoms with Gasteiger partial charge in [0.05, 0.1) is 6.42 Å². The second kappa shape index (κ2) is 2.78. The highest BCUT2D eigenvalue weighted by molar-refractivity contribution is 5.58. The molecule has 0 spiro atoms. The van der Waals surface area contributed by atoms with Crippen molar-refractivity contribution < 1.29 is 4.58 Å². The molecular formula is C7H13N2+. The van der Waals surface area contributed by atoms with E-state index in [0.717, 1.165) is 19.4 Å². The van der Waals surface area contributed by atoms with E-state index >= 15 is 0 Å². The lowest BCUT2D eigenvalue weighted by Gasteiger charge is -1.89. The minimum Gasteiger partial charge on any atom is -0.330 e. The lowest BCUT2D eigenvalue weighted by molar-refractivity contribution is -0.414. The molecule has 0 aromatic heterocycles. The summed E-state index contributed by atoms with van der Waals surface area (Å²) in [6.45, 7) is 0.771. The van der Waals surface area contributed by atoms with Gasteiger partial charge in [0.2, 0.25) is 0 Å². The Bertz CT molecular complexity index is 156. The third-order valence-electron chi connectivity index (χ3n) is 1.49. The SMILES string of the molecule is C[N+]1=CCC(CCN)=C1. The van der Waals surface area contributed by atoms with Crippen molar-refractivity contribution in [2.75, 3.05) is 13.6 Å². The molecular weight excluding hydrogens is 112 g/mol. The molecule has 0 unspecified atom stereocenters. The van der Waals surface area contributed by atoms with Gasteiger partial charge in [0.15, 0.2) is 6.20 Å². The Kier molecular flexibility index (Phi) is 2.01. The van der Waals surface area contributed by atoms with Crippen LogP contribution in [-0.4, -0.2) is 24.4 Å². The van der Waals surface area contributed by atoms with Crippen molar-refractivity contribution in [3.8, 4) is 0 Å². The molecule has 2 N–H and O–H groups in total. The van der Waals surface area contributed by atoms with E-state index in [4.69, 9.17) is 5.73 Å². The van der Waals surface area contributed by atoms with Gasteiger partial charge in [0.1, 0.15) is 13.3 Å². The van der Waals surface area contributed by atoms with Crippen LogP contribution in [0.3, 0.4) is 0 Å². The van der Waals surface area contributed by atoms with Crippen molar-refractivity contribution in [1.82, 2.24) is 0 Å². The van der Waals surface area contributed by atoms with Crippen LogP contribution in [0, 0.1) is 0 Å². The zero-order valence-electron chi connectivity index (χ0n) is 5.80. The third-order valence-corrected chi connectivity index (χ3v) is 1.49. The van der Waals surface area contributed by atoms with Crippen molar-refractivity contribution in [2.45, 2.75) is 12.8 Å². The molecule has 2 heteroatoms. The highest BCUT2D eigenvalue weighted by Gasteiger charge is 2.07. The summed E-state index contributed by atoms with van der Waals surface area (Å²) in [6.07, 6.45) is 6.44. The van der Waals surface area contributed by atoms with Gasteiger partial charge in [-0.15, -0.1) is 0 Å². The lowest BCUT2D eigenvalue weighted by Crippen LogP contribution is -1.99. The topological polar surface area (TPSA) is 29.0 Å². The molecule has 0 aromatic rings. The summed E-state index contributed by atoms with van der Waals surface area (Å²) >= 11 is 0. The van der Waals surface area contributed by atoms with Gasteiger partial charge in [-0.25, -0.2) is 4.58 Å². The molecule has 0 saturated heterocycles. The summed E-state index contributed by atoms with van der Waals surface area (Å²) < 4.78 is 2.09. The minimum atomic E-state index is 0.771. The fraction of sp³-hybridized carbons (Fsp3) is 0.571. The predicted molar refractivity (Wildman–Crippen MR) is 38.6 cm³/mol. The first kappa shape index (κ1) is 6.49. The van der Waals surface area contributed by atoms with Crippen molar-refractivity contribution in [2.24, 2.45) is 5.73 Å². The molecule has 9 heavy (non-hydrogen) atoms. The highest BCUT2D eigenvalue weighted by atomic mass is 14.9. The monoisotopic (exact) mass is 125 g/mol. The second-order valence-electron chi connectivity index (χ2n) is 2.38. The molecule has 1 aliphatic rings. The molecule has 0 aliphatic carbocycles. The number of hydrogen-bond acceptors (Lipinski definition) is 1. The van der Waals surface area contributed by atoms with E-state index in [0.29, 0.717) is 0 Å². The normalized spacial score (nSPS) is 17.6. The Morgan fingerprint density at radius 2 is 2.56 bits per heavy atom. The maximum Gasteiger partial charge on any atom is 0.167 e. The van der Waals surface area contributed by atoms with Gasteiger partial charge in [-0.2, -0.15) is 0 Å². The van der Waals surface area contributed by atoms with E-state index in [-0.39, 0.29) is 0 Å². The Balaban J connectivity index is 2.41. The van der Waals surface area contributed by atoms with E-state index in [9.17, 15) is 0 Å². The van der Waals surface area contributed by atoms with E-state index in [2.05, 4.69) is 17.0 Å². The number of nitrogens with zero attached hydrogens (tertiary/aromatic N) is 1. The molecule has 0 fully saturated rings. The van der Waals surface area contributed by atoms with Crippen LogP contribution < -0.4 is 5.73 Å². The number of nitrogens with two attached hydrogens (primary N) is 1. The molecule has 0 radical (unpaired) electrons. The maximum atomic E-state index is 5.38. The fourth-order valence-corrected chi connectivity index (χ4v) is 1.01. The Labute approximate surface area is 55.7 Å².